The minimum Gasteiger partial charge on any atom is -0.444 e. The molecule has 0 aliphatic carbocycles. The molecule has 3 nitrogen and oxygen atoms in total. The van der Waals surface area contributed by atoms with Crippen LogP contribution < -0.4 is 0 Å². The Morgan fingerprint density at radius 2 is 1.88 bits per heavy atom. The number of nitrogens with zero attached hydrogens (tertiary/aromatic N) is 1. The lowest BCUT2D eigenvalue weighted by Gasteiger charge is -2.37. The molecule has 1 saturated heterocycles. The highest BCUT2D eigenvalue weighted by Crippen LogP contribution is 2.31. The Morgan fingerprint density at radius 1 is 1.21 bits per heavy atom. The third kappa shape index (κ3) is 5.05. The standard InChI is InChI=1S/C19H25F2NO2/c1-19(2,3)24-18(23)22-12-8-7-11-15(22)13-16(17(20)21)14-9-5-4-6-10-14/h4-6,9-10,15H,7-8,11-13H2,1-3H3. The van der Waals surface area contributed by atoms with Gasteiger partial charge < -0.3 is 9.64 Å². The Balaban J connectivity index is 2.18. The average molecular weight is 337 g/mol. The van der Waals surface area contributed by atoms with E-state index >= 15 is 0 Å². The van der Waals surface area contributed by atoms with Crippen LogP contribution in [0.15, 0.2) is 36.4 Å². The number of carbonyl (C=O) groups excluding carboxylic acids is 1. The number of piperidine rings is 1. The summed E-state index contributed by atoms with van der Waals surface area (Å²) in [5.41, 5.74) is -0.0778. The lowest BCUT2D eigenvalue weighted by atomic mass is 9.93. The molecule has 1 aliphatic rings. The lowest BCUT2D eigenvalue weighted by Crippen LogP contribution is -2.46. The van der Waals surface area contributed by atoms with Gasteiger partial charge in [0, 0.05) is 18.2 Å². The van der Waals surface area contributed by atoms with E-state index in [-0.39, 0.29) is 18.0 Å². The molecule has 5 heteroatoms. The molecule has 132 valence electrons. The van der Waals surface area contributed by atoms with Crippen LogP contribution in [-0.2, 0) is 4.74 Å². The molecule has 1 amide bonds. The largest absolute Gasteiger partial charge is 0.444 e. The summed E-state index contributed by atoms with van der Waals surface area (Å²) in [4.78, 5) is 14.0. The zero-order valence-electron chi connectivity index (χ0n) is 14.5. The molecule has 1 fully saturated rings. The van der Waals surface area contributed by atoms with Gasteiger partial charge in [-0.25, -0.2) is 4.79 Å². The van der Waals surface area contributed by atoms with Crippen molar-refractivity contribution in [2.24, 2.45) is 0 Å². The summed E-state index contributed by atoms with van der Waals surface area (Å²) < 4.78 is 32.4. The number of carbonyl (C=O) groups is 1. The highest BCUT2D eigenvalue weighted by molar-refractivity contribution is 5.71. The van der Waals surface area contributed by atoms with Gasteiger partial charge in [0.25, 0.3) is 6.08 Å². The Hall–Kier alpha value is -1.91. The van der Waals surface area contributed by atoms with E-state index in [1.807, 2.05) is 0 Å². The van der Waals surface area contributed by atoms with E-state index in [0.717, 1.165) is 12.8 Å². The van der Waals surface area contributed by atoms with Gasteiger partial charge in [0.2, 0.25) is 0 Å². The van der Waals surface area contributed by atoms with Crippen molar-refractivity contribution in [2.75, 3.05) is 6.54 Å². The molecule has 1 heterocycles. The van der Waals surface area contributed by atoms with Crippen molar-refractivity contribution in [1.29, 1.82) is 0 Å². The molecule has 0 N–H and O–H groups in total. The maximum atomic E-state index is 13.5. The van der Waals surface area contributed by atoms with E-state index in [1.165, 1.54) is 0 Å². The van der Waals surface area contributed by atoms with Crippen LogP contribution in [0.4, 0.5) is 13.6 Å². The third-order valence-corrected chi connectivity index (χ3v) is 4.05. The highest BCUT2D eigenvalue weighted by atomic mass is 19.3. The van der Waals surface area contributed by atoms with E-state index in [1.54, 1.807) is 56.0 Å². The van der Waals surface area contributed by atoms with Crippen LogP contribution in [-0.4, -0.2) is 29.2 Å². The van der Waals surface area contributed by atoms with Crippen molar-refractivity contribution < 1.29 is 18.3 Å². The first kappa shape index (κ1) is 18.4. The van der Waals surface area contributed by atoms with Gasteiger partial charge in [0.05, 0.1) is 0 Å². The molecular weight excluding hydrogens is 312 g/mol. The number of hydrogen-bond donors (Lipinski definition) is 0. The van der Waals surface area contributed by atoms with Crippen molar-refractivity contribution >= 4 is 11.7 Å². The summed E-state index contributed by atoms with van der Waals surface area (Å²) in [6.45, 7) is 5.97. The first-order chi connectivity index (χ1) is 11.3. The van der Waals surface area contributed by atoms with E-state index in [0.29, 0.717) is 18.5 Å². The predicted octanol–water partition coefficient (Wildman–Crippen LogP) is 5.47. The zero-order chi connectivity index (χ0) is 17.7. The van der Waals surface area contributed by atoms with Crippen LogP contribution in [0.25, 0.3) is 5.57 Å². The molecule has 0 spiro atoms. The fraction of sp³-hybridized carbons (Fsp3) is 0.526. The monoisotopic (exact) mass is 337 g/mol. The maximum Gasteiger partial charge on any atom is 0.410 e. The number of benzene rings is 1. The smallest absolute Gasteiger partial charge is 0.410 e. The summed E-state index contributed by atoms with van der Waals surface area (Å²) in [5.74, 6) is 0. The van der Waals surface area contributed by atoms with Crippen molar-refractivity contribution in [2.45, 2.75) is 58.1 Å². The number of amides is 1. The van der Waals surface area contributed by atoms with Crippen LogP contribution in [0.1, 0.15) is 52.0 Å². The summed E-state index contributed by atoms with van der Waals surface area (Å²) >= 11 is 0. The molecule has 0 radical (unpaired) electrons. The third-order valence-electron chi connectivity index (χ3n) is 4.05. The minimum atomic E-state index is -1.68. The SMILES string of the molecule is CC(C)(C)OC(=O)N1CCCCC1CC(=C(F)F)c1ccccc1. The van der Waals surface area contributed by atoms with Gasteiger partial charge in [0.15, 0.2) is 0 Å². The second-order valence-electron chi connectivity index (χ2n) is 7.13. The average Bonchev–Trinajstić information content (AvgIpc) is 2.52. The van der Waals surface area contributed by atoms with E-state index < -0.39 is 17.8 Å². The maximum absolute atomic E-state index is 13.5. The molecule has 0 bridgehead atoms. The summed E-state index contributed by atoms with van der Waals surface area (Å²) in [6.07, 6.45) is 0.557. The van der Waals surface area contributed by atoms with Gasteiger partial charge in [-0.2, -0.15) is 8.78 Å². The number of likely N-dealkylation sites (tertiary alicyclic amines) is 1. The Labute approximate surface area is 142 Å². The second-order valence-corrected chi connectivity index (χ2v) is 7.13. The molecule has 1 atom stereocenters. The number of ether oxygens (including phenoxy) is 1. The molecule has 1 aliphatic heterocycles. The zero-order valence-corrected chi connectivity index (χ0v) is 14.5. The molecule has 0 saturated carbocycles. The van der Waals surface area contributed by atoms with Crippen molar-refractivity contribution in [3.8, 4) is 0 Å². The van der Waals surface area contributed by atoms with Gasteiger partial charge in [-0.3, -0.25) is 0 Å². The number of hydrogen-bond acceptors (Lipinski definition) is 2. The van der Waals surface area contributed by atoms with Crippen LogP contribution in [0.5, 0.6) is 0 Å². The first-order valence-electron chi connectivity index (χ1n) is 8.37. The normalized spacial score (nSPS) is 18.2. The number of rotatable bonds is 3. The second kappa shape index (κ2) is 7.77. The van der Waals surface area contributed by atoms with E-state index in [2.05, 4.69) is 0 Å². The van der Waals surface area contributed by atoms with Gasteiger partial charge in [-0.15, -0.1) is 0 Å². The molecule has 1 aromatic rings. The Bertz CT molecular complexity index is 589. The minimum absolute atomic E-state index is 0.0102. The summed E-state index contributed by atoms with van der Waals surface area (Å²) in [7, 11) is 0. The molecule has 2 rings (SSSR count). The van der Waals surface area contributed by atoms with E-state index in [4.69, 9.17) is 4.74 Å². The summed E-state index contributed by atoms with van der Waals surface area (Å²) in [5, 5.41) is 0. The van der Waals surface area contributed by atoms with Crippen LogP contribution in [0.3, 0.4) is 0 Å². The van der Waals surface area contributed by atoms with Gasteiger partial charge >= 0.3 is 6.09 Å². The van der Waals surface area contributed by atoms with Gasteiger partial charge in [-0.05, 0) is 52.0 Å². The van der Waals surface area contributed by atoms with Crippen molar-refractivity contribution in [1.82, 2.24) is 4.90 Å². The molecule has 1 unspecified atom stereocenters. The molecule has 0 aromatic heterocycles. The van der Waals surface area contributed by atoms with Crippen LogP contribution in [0.2, 0.25) is 0 Å². The lowest BCUT2D eigenvalue weighted by molar-refractivity contribution is 0.0104. The first-order valence-corrected chi connectivity index (χ1v) is 8.37. The van der Waals surface area contributed by atoms with Crippen molar-refractivity contribution in [3.63, 3.8) is 0 Å². The fourth-order valence-electron chi connectivity index (χ4n) is 2.95. The van der Waals surface area contributed by atoms with E-state index in [9.17, 15) is 13.6 Å². The fourth-order valence-corrected chi connectivity index (χ4v) is 2.95. The Morgan fingerprint density at radius 3 is 2.46 bits per heavy atom. The highest BCUT2D eigenvalue weighted by Gasteiger charge is 2.31. The predicted molar refractivity (Wildman–Crippen MR) is 90.8 cm³/mol. The number of halogens is 2. The molecule has 1 aromatic carbocycles. The topological polar surface area (TPSA) is 29.5 Å². The Kier molecular flexibility index (Phi) is 5.97. The van der Waals surface area contributed by atoms with Gasteiger partial charge in [0.1, 0.15) is 5.60 Å². The van der Waals surface area contributed by atoms with Crippen LogP contribution in [0, 0.1) is 0 Å². The quantitative estimate of drug-likeness (QED) is 0.731. The van der Waals surface area contributed by atoms with Gasteiger partial charge in [-0.1, -0.05) is 30.3 Å². The van der Waals surface area contributed by atoms with Crippen molar-refractivity contribution in [3.05, 3.63) is 42.0 Å². The molecule has 24 heavy (non-hydrogen) atoms. The van der Waals surface area contributed by atoms with Crippen LogP contribution >= 0.6 is 0 Å². The summed E-state index contributed by atoms with van der Waals surface area (Å²) in [6, 6.07) is 8.37. The molecular formula is C19H25F2NO2.